The summed E-state index contributed by atoms with van der Waals surface area (Å²) in [5, 5.41) is 9.79. The smallest absolute Gasteiger partial charge is 0.297 e. The normalized spacial score (nSPS) is 16.0. The Morgan fingerprint density at radius 2 is 1.81 bits per heavy atom. The van der Waals surface area contributed by atoms with Gasteiger partial charge in [0.05, 0.1) is 17.1 Å². The van der Waals surface area contributed by atoms with Crippen LogP contribution in [0.5, 0.6) is 0 Å². The molecule has 0 unspecified atom stereocenters. The second-order valence-electron chi connectivity index (χ2n) is 6.22. The van der Waals surface area contributed by atoms with Gasteiger partial charge in [-0.3, -0.25) is 14.3 Å². The van der Waals surface area contributed by atoms with Crippen molar-refractivity contribution >= 4 is 17.2 Å². The van der Waals surface area contributed by atoms with Gasteiger partial charge in [-0.2, -0.15) is 0 Å². The molecule has 1 heterocycles. The van der Waals surface area contributed by atoms with Crippen LogP contribution in [0, 0.1) is 6.92 Å². The lowest BCUT2D eigenvalue weighted by atomic mass is 9.97. The monoisotopic (exact) mass is 351 g/mol. The Labute approximate surface area is 151 Å². The van der Waals surface area contributed by atoms with Gasteiger partial charge in [0.15, 0.2) is 11.4 Å². The van der Waals surface area contributed by atoms with E-state index in [1.54, 1.807) is 16.4 Å². The number of benzene rings is 1. The third kappa shape index (κ3) is 3.06. The zero-order chi connectivity index (χ0) is 18.8. The van der Waals surface area contributed by atoms with E-state index in [4.69, 9.17) is 0 Å². The number of aromatic nitrogens is 2. The van der Waals surface area contributed by atoms with Crippen LogP contribution >= 0.6 is 0 Å². The lowest BCUT2D eigenvalue weighted by Gasteiger charge is -2.11. The number of allylic oxidation sites excluding steroid dienone is 3. The molecule has 2 aromatic rings. The molecule has 0 saturated heterocycles. The number of hydrogen-bond acceptors (Lipinski definition) is 4. The van der Waals surface area contributed by atoms with Crippen molar-refractivity contribution < 1.29 is 9.90 Å². The van der Waals surface area contributed by atoms with Gasteiger partial charge in [-0.1, -0.05) is 31.5 Å². The second kappa shape index (κ2) is 7.00. The number of para-hydroxylation sites is 1. The largest absolute Gasteiger partial charge is 0.504 e. The number of nitrogens with zero attached hydrogens (tertiary/aromatic N) is 3. The predicted molar refractivity (Wildman–Crippen MR) is 102 cm³/mol. The number of ketones is 1. The summed E-state index contributed by atoms with van der Waals surface area (Å²) < 4.78 is 3.30. The quantitative estimate of drug-likeness (QED) is 0.859. The van der Waals surface area contributed by atoms with Crippen LogP contribution in [0.1, 0.15) is 25.5 Å². The van der Waals surface area contributed by atoms with Gasteiger partial charge in [0, 0.05) is 13.1 Å². The summed E-state index contributed by atoms with van der Waals surface area (Å²) in [6.07, 6.45) is 4.21. The Morgan fingerprint density at radius 3 is 2.46 bits per heavy atom. The highest BCUT2D eigenvalue weighted by molar-refractivity contribution is 6.21. The van der Waals surface area contributed by atoms with Gasteiger partial charge in [-0.25, -0.2) is 9.67 Å². The van der Waals surface area contributed by atoms with Gasteiger partial charge >= 0.3 is 0 Å². The number of carbonyl (C=O) groups excluding carboxylic acids is 1. The Hall–Kier alpha value is -3.15. The number of carbonyl (C=O) groups is 1. The maximum atomic E-state index is 13.0. The Balaban J connectivity index is 2.16. The molecule has 0 spiro atoms. The van der Waals surface area contributed by atoms with Crippen molar-refractivity contribution in [3.8, 4) is 5.69 Å². The van der Waals surface area contributed by atoms with Gasteiger partial charge in [-0.05, 0) is 37.1 Å². The van der Waals surface area contributed by atoms with E-state index in [1.807, 2.05) is 44.2 Å². The number of aliphatic hydroxyl groups is 1. The van der Waals surface area contributed by atoms with Crippen molar-refractivity contribution in [1.29, 1.82) is 0 Å². The molecule has 1 aliphatic rings. The number of rotatable bonds is 4. The molecule has 6 heteroatoms. The maximum Gasteiger partial charge on any atom is 0.297 e. The first-order valence-corrected chi connectivity index (χ1v) is 8.52. The molecular weight excluding hydrogens is 330 g/mol. The van der Waals surface area contributed by atoms with Crippen LogP contribution in [0.15, 0.2) is 63.6 Å². The summed E-state index contributed by atoms with van der Waals surface area (Å²) in [6, 6.07) is 9.33. The number of hydrogen-bond donors (Lipinski definition) is 1. The zero-order valence-electron chi connectivity index (χ0n) is 15.1. The standard InChI is InChI=1S/C20H21N3O3/c1-4-8-14-11-17(24)18(25)12-16(14)21-19-13(2)22(3)23(20(19)26)15-9-6-5-7-10-15/h5-7,9-12,25H,4,8H2,1-3H3/b21-16+. The van der Waals surface area contributed by atoms with Crippen molar-refractivity contribution in [3.05, 3.63) is 69.9 Å². The average Bonchev–Trinajstić information content (AvgIpc) is 2.83. The van der Waals surface area contributed by atoms with E-state index in [2.05, 4.69) is 4.99 Å². The van der Waals surface area contributed by atoms with E-state index in [9.17, 15) is 14.7 Å². The highest BCUT2D eigenvalue weighted by Gasteiger charge is 2.21. The van der Waals surface area contributed by atoms with Gasteiger partial charge in [0.25, 0.3) is 5.56 Å². The van der Waals surface area contributed by atoms with E-state index in [-0.39, 0.29) is 11.3 Å². The summed E-state index contributed by atoms with van der Waals surface area (Å²) in [7, 11) is 1.80. The summed E-state index contributed by atoms with van der Waals surface area (Å²) >= 11 is 0. The van der Waals surface area contributed by atoms with Crippen LogP contribution in [0.4, 0.5) is 5.69 Å². The Morgan fingerprint density at radius 1 is 1.12 bits per heavy atom. The van der Waals surface area contributed by atoms with E-state index in [1.165, 1.54) is 12.2 Å². The van der Waals surface area contributed by atoms with Crippen LogP contribution < -0.4 is 5.56 Å². The van der Waals surface area contributed by atoms with Crippen molar-refractivity contribution in [2.45, 2.75) is 26.7 Å². The lowest BCUT2D eigenvalue weighted by Crippen LogP contribution is -2.19. The molecule has 1 aromatic carbocycles. The number of aliphatic hydroxyl groups excluding tert-OH is 1. The van der Waals surface area contributed by atoms with E-state index < -0.39 is 5.78 Å². The van der Waals surface area contributed by atoms with Crippen LogP contribution in [0.3, 0.4) is 0 Å². The second-order valence-corrected chi connectivity index (χ2v) is 6.22. The summed E-state index contributed by atoms with van der Waals surface area (Å²) in [5.41, 5.74) is 2.68. The van der Waals surface area contributed by atoms with E-state index in [0.29, 0.717) is 23.5 Å². The van der Waals surface area contributed by atoms with Crippen molar-refractivity contribution in [2.24, 2.45) is 12.0 Å². The van der Waals surface area contributed by atoms with Gasteiger partial charge < -0.3 is 5.11 Å². The third-order valence-electron chi connectivity index (χ3n) is 4.44. The molecule has 0 aliphatic heterocycles. The first kappa shape index (κ1) is 17.7. The molecule has 3 rings (SSSR count). The molecule has 26 heavy (non-hydrogen) atoms. The van der Waals surface area contributed by atoms with Crippen molar-refractivity contribution in [3.63, 3.8) is 0 Å². The molecule has 0 atom stereocenters. The molecule has 1 N–H and O–H groups in total. The molecule has 1 aromatic heterocycles. The first-order valence-electron chi connectivity index (χ1n) is 8.52. The molecule has 0 saturated carbocycles. The van der Waals surface area contributed by atoms with Crippen LogP contribution in [-0.4, -0.2) is 26.0 Å². The predicted octanol–water partition coefficient (Wildman–Crippen LogP) is 3.31. The highest BCUT2D eigenvalue weighted by Crippen LogP contribution is 2.22. The van der Waals surface area contributed by atoms with Gasteiger partial charge in [0.1, 0.15) is 0 Å². The third-order valence-corrected chi connectivity index (χ3v) is 4.44. The van der Waals surface area contributed by atoms with Gasteiger partial charge in [-0.15, -0.1) is 0 Å². The fraction of sp³-hybridized carbons (Fsp3) is 0.250. The summed E-state index contributed by atoms with van der Waals surface area (Å²) in [5.74, 6) is -0.792. The van der Waals surface area contributed by atoms with Crippen LogP contribution in [-0.2, 0) is 11.8 Å². The number of aliphatic imine (C=N–C) groups is 1. The molecule has 0 amide bonds. The van der Waals surface area contributed by atoms with Crippen molar-refractivity contribution in [1.82, 2.24) is 9.36 Å². The topological polar surface area (TPSA) is 76.6 Å². The fourth-order valence-corrected chi connectivity index (χ4v) is 2.98. The average molecular weight is 351 g/mol. The Kier molecular flexibility index (Phi) is 4.75. The van der Waals surface area contributed by atoms with E-state index >= 15 is 0 Å². The Bertz CT molecular complexity index is 1000. The first-order chi connectivity index (χ1) is 12.4. The van der Waals surface area contributed by atoms with Crippen LogP contribution in [0.25, 0.3) is 5.69 Å². The molecule has 0 fully saturated rings. The minimum atomic E-state index is -0.432. The lowest BCUT2D eigenvalue weighted by molar-refractivity contribution is -0.113. The summed E-state index contributed by atoms with van der Waals surface area (Å²) in [4.78, 5) is 29.2. The molecule has 6 nitrogen and oxygen atoms in total. The SMILES string of the molecule is CCCC1=CC(=O)C(O)=C/C1=N\c1c(C)n(C)n(-c2ccccc2)c1=O. The highest BCUT2D eigenvalue weighted by atomic mass is 16.3. The molecule has 134 valence electrons. The molecule has 0 bridgehead atoms. The minimum absolute atomic E-state index is 0.246. The van der Waals surface area contributed by atoms with Crippen molar-refractivity contribution in [2.75, 3.05) is 0 Å². The minimum Gasteiger partial charge on any atom is -0.504 e. The molecule has 0 radical (unpaired) electrons. The molecule has 1 aliphatic carbocycles. The summed E-state index contributed by atoms with van der Waals surface area (Å²) in [6.45, 7) is 3.82. The van der Waals surface area contributed by atoms with E-state index in [0.717, 1.165) is 17.7 Å². The van der Waals surface area contributed by atoms with Crippen LogP contribution in [0.2, 0.25) is 0 Å². The fourth-order valence-electron chi connectivity index (χ4n) is 2.98. The molecular formula is C20H21N3O3. The maximum absolute atomic E-state index is 13.0. The zero-order valence-corrected chi connectivity index (χ0v) is 15.1. The van der Waals surface area contributed by atoms with Gasteiger partial charge in [0.2, 0.25) is 5.78 Å².